The van der Waals surface area contributed by atoms with Gasteiger partial charge in [0.2, 0.25) is 5.95 Å². The van der Waals surface area contributed by atoms with Gasteiger partial charge in [0, 0.05) is 37.9 Å². The average Bonchev–Trinajstić information content (AvgIpc) is 3.42. The van der Waals surface area contributed by atoms with E-state index in [9.17, 15) is 14.3 Å². The number of aromatic nitrogens is 2. The van der Waals surface area contributed by atoms with Gasteiger partial charge < -0.3 is 20.2 Å². The molecule has 2 aromatic rings. The number of fused-ring (bicyclic) bond motifs is 2. The first-order valence-electron chi connectivity index (χ1n) is 12.4. The van der Waals surface area contributed by atoms with Crippen LogP contribution in [-0.4, -0.2) is 52.7 Å². The number of hydrogen-bond acceptors (Lipinski definition) is 6. The molecule has 2 N–H and O–H groups in total. The van der Waals surface area contributed by atoms with Crippen molar-refractivity contribution in [2.24, 2.45) is 11.8 Å². The number of hydrogen-bond donors (Lipinski definition) is 2. The smallest absolute Gasteiger partial charge is 0.270 e. The molecular weight excluding hydrogens is 433 g/mol. The van der Waals surface area contributed by atoms with Crippen molar-refractivity contribution in [1.29, 1.82) is 0 Å². The molecule has 2 aliphatic carbocycles. The van der Waals surface area contributed by atoms with Crippen LogP contribution in [0.1, 0.15) is 62.5 Å². The molecule has 2 heterocycles. The molecule has 0 radical (unpaired) electrons. The number of nitrogens with zero attached hydrogens (tertiary/aromatic N) is 4. The normalized spacial score (nSPS) is 26.7. The highest BCUT2D eigenvalue weighted by Gasteiger charge is 2.40. The van der Waals surface area contributed by atoms with E-state index in [1.54, 1.807) is 38.2 Å². The van der Waals surface area contributed by atoms with Gasteiger partial charge in [-0.2, -0.15) is 0 Å². The van der Waals surface area contributed by atoms with Gasteiger partial charge in [-0.1, -0.05) is 12.5 Å². The highest BCUT2D eigenvalue weighted by molar-refractivity contribution is 5.92. The summed E-state index contributed by atoms with van der Waals surface area (Å²) >= 11 is 0. The summed E-state index contributed by atoms with van der Waals surface area (Å²) in [5, 5.41) is 13.4. The Morgan fingerprint density at radius 2 is 2.03 bits per heavy atom. The summed E-state index contributed by atoms with van der Waals surface area (Å²) in [5.41, 5.74) is 0.390. The third-order valence-corrected chi connectivity index (χ3v) is 7.81. The topological polar surface area (TPSA) is 81.6 Å². The number of amides is 1. The maximum atomic E-state index is 14.8. The standard InChI is InChI=1S/C26H34FN5O2/c1-16-15-31(23-7-6-19(14-20(23)27)26(2,3)34)10-11-32(16)25-28-9-8-21(30-25)24(33)29-22-13-17-4-5-18(22)12-17/h6-9,14,16-18,22,34H,4-5,10-13,15H2,1-3H3,(H,29,33)/t16-,17?,18?,22?/m1/s1. The maximum absolute atomic E-state index is 14.8. The Labute approximate surface area is 200 Å². The number of benzene rings is 1. The molecule has 1 amide bonds. The molecule has 34 heavy (non-hydrogen) atoms. The third kappa shape index (κ3) is 4.48. The van der Waals surface area contributed by atoms with E-state index in [-0.39, 0.29) is 23.8 Å². The largest absolute Gasteiger partial charge is 0.386 e. The summed E-state index contributed by atoms with van der Waals surface area (Å²) in [4.78, 5) is 26.0. The van der Waals surface area contributed by atoms with Crippen LogP contribution in [0.5, 0.6) is 0 Å². The molecule has 3 fully saturated rings. The fourth-order valence-electron chi connectivity index (χ4n) is 5.89. The molecule has 1 aromatic heterocycles. The van der Waals surface area contributed by atoms with Crippen molar-refractivity contribution in [3.8, 4) is 0 Å². The molecular formula is C26H34FN5O2. The second kappa shape index (κ2) is 8.80. The average molecular weight is 468 g/mol. The van der Waals surface area contributed by atoms with E-state index in [1.807, 2.05) is 4.90 Å². The van der Waals surface area contributed by atoms with Crippen LogP contribution in [0.25, 0.3) is 0 Å². The van der Waals surface area contributed by atoms with Gasteiger partial charge in [0.1, 0.15) is 11.5 Å². The van der Waals surface area contributed by atoms with Crippen molar-refractivity contribution in [1.82, 2.24) is 15.3 Å². The van der Waals surface area contributed by atoms with Gasteiger partial charge in [0.05, 0.1) is 11.3 Å². The van der Waals surface area contributed by atoms with Crippen molar-refractivity contribution < 1.29 is 14.3 Å². The Bertz CT molecular complexity index is 1070. The minimum atomic E-state index is -1.09. The van der Waals surface area contributed by atoms with Gasteiger partial charge in [-0.15, -0.1) is 0 Å². The first-order chi connectivity index (χ1) is 16.2. The molecule has 3 aliphatic rings. The summed E-state index contributed by atoms with van der Waals surface area (Å²) in [5.74, 6) is 1.45. The first kappa shape index (κ1) is 23.0. The van der Waals surface area contributed by atoms with Gasteiger partial charge in [-0.25, -0.2) is 14.4 Å². The molecule has 1 aromatic carbocycles. The van der Waals surface area contributed by atoms with Crippen molar-refractivity contribution in [2.75, 3.05) is 29.4 Å². The van der Waals surface area contributed by atoms with Crippen molar-refractivity contribution in [3.63, 3.8) is 0 Å². The Morgan fingerprint density at radius 3 is 2.68 bits per heavy atom. The Morgan fingerprint density at radius 1 is 1.21 bits per heavy atom. The zero-order chi connectivity index (χ0) is 24.0. The highest BCUT2D eigenvalue weighted by atomic mass is 19.1. The Hall–Kier alpha value is -2.74. The van der Waals surface area contributed by atoms with Crippen molar-refractivity contribution >= 4 is 17.5 Å². The van der Waals surface area contributed by atoms with Crippen LogP contribution in [-0.2, 0) is 5.60 Å². The highest BCUT2D eigenvalue weighted by Crippen LogP contribution is 2.44. The lowest BCUT2D eigenvalue weighted by Crippen LogP contribution is -2.53. The molecule has 7 nitrogen and oxygen atoms in total. The van der Waals surface area contributed by atoms with E-state index in [0.717, 1.165) is 12.3 Å². The fourth-order valence-corrected chi connectivity index (χ4v) is 5.89. The number of carbonyl (C=O) groups is 1. The molecule has 4 atom stereocenters. The zero-order valence-corrected chi connectivity index (χ0v) is 20.2. The van der Waals surface area contributed by atoms with Gasteiger partial charge in [-0.3, -0.25) is 4.79 Å². The molecule has 1 aliphatic heterocycles. The lowest BCUT2D eigenvalue weighted by molar-refractivity contribution is 0.0782. The third-order valence-electron chi connectivity index (χ3n) is 7.81. The molecule has 2 saturated carbocycles. The quantitative estimate of drug-likeness (QED) is 0.701. The minimum absolute atomic E-state index is 0.0333. The minimum Gasteiger partial charge on any atom is -0.386 e. The molecule has 3 unspecified atom stereocenters. The van der Waals surface area contributed by atoms with Crippen LogP contribution in [0.4, 0.5) is 16.0 Å². The van der Waals surface area contributed by atoms with E-state index in [0.29, 0.717) is 48.4 Å². The summed E-state index contributed by atoms with van der Waals surface area (Å²) in [6, 6.07) is 6.90. The van der Waals surface area contributed by atoms with Gasteiger partial charge in [0.15, 0.2) is 0 Å². The molecule has 8 heteroatoms. The fraction of sp³-hybridized carbons (Fsp3) is 0.577. The number of piperazine rings is 1. The molecule has 2 bridgehead atoms. The Balaban J connectivity index is 1.25. The molecule has 5 rings (SSSR count). The molecule has 182 valence electrons. The number of nitrogens with one attached hydrogen (secondary N) is 1. The number of aliphatic hydroxyl groups is 1. The predicted octanol–water partition coefficient (Wildman–Crippen LogP) is 3.48. The van der Waals surface area contributed by atoms with E-state index in [2.05, 4.69) is 27.1 Å². The molecule has 0 spiro atoms. The molecule has 1 saturated heterocycles. The van der Waals surface area contributed by atoms with Crippen molar-refractivity contribution in [2.45, 2.75) is 64.1 Å². The van der Waals surface area contributed by atoms with Gasteiger partial charge in [-0.05, 0) is 75.6 Å². The number of halogens is 1. The van der Waals surface area contributed by atoms with Crippen LogP contribution in [0.3, 0.4) is 0 Å². The predicted molar refractivity (Wildman–Crippen MR) is 129 cm³/mol. The van der Waals surface area contributed by atoms with Gasteiger partial charge >= 0.3 is 0 Å². The summed E-state index contributed by atoms with van der Waals surface area (Å²) in [6.45, 7) is 7.17. The second-order valence-corrected chi connectivity index (χ2v) is 10.7. The summed E-state index contributed by atoms with van der Waals surface area (Å²) in [6.07, 6.45) is 6.48. The van der Waals surface area contributed by atoms with Crippen LogP contribution in [0.2, 0.25) is 0 Å². The zero-order valence-electron chi connectivity index (χ0n) is 20.2. The number of rotatable bonds is 5. The van der Waals surface area contributed by atoms with E-state index >= 15 is 0 Å². The summed E-state index contributed by atoms with van der Waals surface area (Å²) < 4.78 is 14.8. The van der Waals surface area contributed by atoms with Gasteiger partial charge in [0.25, 0.3) is 5.91 Å². The van der Waals surface area contributed by atoms with E-state index < -0.39 is 5.60 Å². The first-order valence-corrected chi connectivity index (χ1v) is 12.4. The monoisotopic (exact) mass is 467 g/mol. The lowest BCUT2D eigenvalue weighted by atomic mass is 9.95. The lowest BCUT2D eigenvalue weighted by Gasteiger charge is -2.41. The maximum Gasteiger partial charge on any atom is 0.270 e. The van der Waals surface area contributed by atoms with Crippen LogP contribution in [0.15, 0.2) is 30.5 Å². The number of anilines is 2. The van der Waals surface area contributed by atoms with Crippen LogP contribution >= 0.6 is 0 Å². The Kier molecular flexibility index (Phi) is 5.96. The van der Waals surface area contributed by atoms with Crippen LogP contribution in [0, 0.1) is 17.7 Å². The SMILES string of the molecule is C[C@@H]1CN(c2ccc(C(C)(C)O)cc2F)CCN1c1nccc(C(=O)NC2CC3CCC2C3)n1. The van der Waals surface area contributed by atoms with E-state index in [1.165, 1.54) is 25.3 Å². The second-order valence-electron chi connectivity index (χ2n) is 10.7. The van der Waals surface area contributed by atoms with E-state index in [4.69, 9.17) is 0 Å². The van der Waals surface area contributed by atoms with Crippen LogP contribution < -0.4 is 15.1 Å². The number of carbonyl (C=O) groups excluding carboxylic acids is 1. The summed E-state index contributed by atoms with van der Waals surface area (Å²) in [7, 11) is 0. The van der Waals surface area contributed by atoms with Crippen molar-refractivity contribution in [3.05, 3.63) is 47.5 Å².